The molecule has 126 valence electrons. The number of fused-ring (bicyclic) bond motifs is 1. The first-order valence-corrected chi connectivity index (χ1v) is 8.64. The van der Waals surface area contributed by atoms with E-state index in [1.807, 2.05) is 0 Å². The summed E-state index contributed by atoms with van der Waals surface area (Å²) in [5.41, 5.74) is 1.93. The van der Waals surface area contributed by atoms with Gasteiger partial charge in [-0.15, -0.1) is 0 Å². The van der Waals surface area contributed by atoms with Crippen LogP contribution in [0.2, 0.25) is 0 Å². The maximum Gasteiger partial charge on any atom is 0.261 e. The maximum absolute atomic E-state index is 12.4. The zero-order valence-electron chi connectivity index (χ0n) is 13.2. The van der Waals surface area contributed by atoms with Crippen LogP contribution in [0.5, 0.6) is 5.75 Å². The van der Waals surface area contributed by atoms with E-state index in [1.54, 1.807) is 37.4 Å². The number of H-pyrrole nitrogens is 1. The van der Waals surface area contributed by atoms with Crippen LogP contribution in [0.4, 0.5) is 5.69 Å². The van der Waals surface area contributed by atoms with E-state index in [9.17, 15) is 8.42 Å². The second-order valence-corrected chi connectivity index (χ2v) is 6.81. The Morgan fingerprint density at radius 1 is 1.12 bits per heavy atom. The van der Waals surface area contributed by atoms with Crippen molar-refractivity contribution in [2.75, 3.05) is 18.9 Å². The number of aromatic nitrogens is 2. The number of aromatic amines is 1. The maximum atomic E-state index is 12.4. The second kappa shape index (κ2) is 6.50. The molecule has 0 radical (unpaired) electrons. The Labute approximate surface area is 139 Å². The van der Waals surface area contributed by atoms with E-state index in [0.29, 0.717) is 23.9 Å². The van der Waals surface area contributed by atoms with Crippen LogP contribution in [0, 0.1) is 0 Å². The number of ether oxygens (including phenoxy) is 2. The molecule has 24 heavy (non-hydrogen) atoms. The Hall–Kier alpha value is -2.58. The van der Waals surface area contributed by atoms with Gasteiger partial charge in [0, 0.05) is 7.11 Å². The molecule has 3 rings (SSSR count). The Balaban J connectivity index is 1.86. The number of benzene rings is 2. The zero-order valence-corrected chi connectivity index (χ0v) is 14.1. The minimum atomic E-state index is -3.67. The molecular weight excluding hydrogens is 330 g/mol. The predicted molar refractivity (Wildman–Crippen MR) is 90.6 cm³/mol. The number of hydrogen-bond acceptors (Lipinski definition) is 5. The van der Waals surface area contributed by atoms with E-state index in [4.69, 9.17) is 9.47 Å². The van der Waals surface area contributed by atoms with Gasteiger partial charge in [0.15, 0.2) is 0 Å². The summed E-state index contributed by atoms with van der Waals surface area (Å²) in [6, 6.07) is 11.3. The molecule has 0 bridgehead atoms. The Morgan fingerprint density at radius 3 is 2.54 bits per heavy atom. The van der Waals surface area contributed by atoms with Crippen molar-refractivity contribution in [3.8, 4) is 5.75 Å². The van der Waals surface area contributed by atoms with Crippen molar-refractivity contribution in [2.45, 2.75) is 11.5 Å². The average molecular weight is 347 g/mol. The smallest absolute Gasteiger partial charge is 0.261 e. The summed E-state index contributed by atoms with van der Waals surface area (Å²) < 4.78 is 37.5. The normalized spacial score (nSPS) is 11.6. The summed E-state index contributed by atoms with van der Waals surface area (Å²) in [6.07, 6.45) is 0. The van der Waals surface area contributed by atoms with Gasteiger partial charge in [-0.1, -0.05) is 0 Å². The lowest BCUT2D eigenvalue weighted by molar-refractivity contribution is 0.179. The predicted octanol–water partition coefficient (Wildman–Crippen LogP) is 2.52. The third kappa shape index (κ3) is 3.34. The molecule has 0 fully saturated rings. The SMILES string of the molecule is COCc1nc2ccc(NS(=O)(=O)c3ccc(OC)cc3)cc2[nH]1. The fourth-order valence-electron chi connectivity index (χ4n) is 2.30. The van der Waals surface area contributed by atoms with Crippen molar-refractivity contribution in [1.29, 1.82) is 0 Å². The van der Waals surface area contributed by atoms with Gasteiger partial charge in [-0.2, -0.15) is 0 Å². The molecule has 0 unspecified atom stereocenters. The molecule has 2 aromatic carbocycles. The van der Waals surface area contributed by atoms with Gasteiger partial charge < -0.3 is 14.5 Å². The topological polar surface area (TPSA) is 93.3 Å². The number of nitrogens with one attached hydrogen (secondary N) is 2. The number of rotatable bonds is 6. The molecule has 0 atom stereocenters. The minimum Gasteiger partial charge on any atom is -0.497 e. The van der Waals surface area contributed by atoms with E-state index in [1.165, 1.54) is 19.2 Å². The molecule has 0 amide bonds. The number of imidazole rings is 1. The molecule has 0 aliphatic heterocycles. The third-order valence-electron chi connectivity index (χ3n) is 3.43. The molecule has 0 aliphatic rings. The van der Waals surface area contributed by atoms with Crippen molar-refractivity contribution in [1.82, 2.24) is 9.97 Å². The average Bonchev–Trinajstić information content (AvgIpc) is 2.96. The fraction of sp³-hybridized carbons (Fsp3) is 0.188. The van der Waals surface area contributed by atoms with E-state index >= 15 is 0 Å². The first-order chi connectivity index (χ1) is 11.5. The summed E-state index contributed by atoms with van der Waals surface area (Å²) in [4.78, 5) is 7.60. The molecule has 2 N–H and O–H groups in total. The van der Waals surface area contributed by atoms with Crippen LogP contribution in [0.15, 0.2) is 47.4 Å². The van der Waals surface area contributed by atoms with E-state index in [2.05, 4.69) is 14.7 Å². The molecule has 1 heterocycles. The number of hydrogen-bond donors (Lipinski definition) is 2. The number of methoxy groups -OCH3 is 2. The highest BCUT2D eigenvalue weighted by Crippen LogP contribution is 2.22. The molecule has 3 aromatic rings. The Bertz CT molecular complexity index is 949. The van der Waals surface area contributed by atoms with Crippen molar-refractivity contribution in [3.05, 3.63) is 48.3 Å². The van der Waals surface area contributed by atoms with Gasteiger partial charge in [-0.05, 0) is 42.5 Å². The highest BCUT2D eigenvalue weighted by molar-refractivity contribution is 7.92. The number of nitrogens with zero attached hydrogens (tertiary/aromatic N) is 1. The lowest BCUT2D eigenvalue weighted by Gasteiger charge is -2.08. The van der Waals surface area contributed by atoms with Gasteiger partial charge in [-0.3, -0.25) is 4.72 Å². The van der Waals surface area contributed by atoms with Gasteiger partial charge in [0.1, 0.15) is 18.2 Å². The van der Waals surface area contributed by atoms with Crippen LogP contribution in [0.3, 0.4) is 0 Å². The standard InChI is InChI=1S/C16H17N3O4S/c1-22-10-16-17-14-8-3-11(9-15(14)18-16)19-24(20,21)13-6-4-12(23-2)5-7-13/h3-9,19H,10H2,1-2H3,(H,17,18). The molecule has 8 heteroatoms. The quantitative estimate of drug-likeness (QED) is 0.715. The van der Waals surface area contributed by atoms with Crippen LogP contribution in [-0.2, 0) is 21.4 Å². The van der Waals surface area contributed by atoms with E-state index in [0.717, 1.165) is 11.0 Å². The Kier molecular flexibility index (Phi) is 4.41. The number of sulfonamides is 1. The summed E-state index contributed by atoms with van der Waals surface area (Å²) in [6.45, 7) is 0.363. The summed E-state index contributed by atoms with van der Waals surface area (Å²) >= 11 is 0. The summed E-state index contributed by atoms with van der Waals surface area (Å²) in [5.74, 6) is 1.28. The lowest BCUT2D eigenvalue weighted by atomic mass is 10.3. The van der Waals surface area contributed by atoms with Gasteiger partial charge in [0.05, 0.1) is 28.7 Å². The van der Waals surface area contributed by atoms with Crippen molar-refractivity contribution < 1.29 is 17.9 Å². The largest absolute Gasteiger partial charge is 0.497 e. The third-order valence-corrected chi connectivity index (χ3v) is 4.83. The molecule has 0 saturated carbocycles. The van der Waals surface area contributed by atoms with E-state index < -0.39 is 10.0 Å². The fourth-order valence-corrected chi connectivity index (χ4v) is 3.35. The van der Waals surface area contributed by atoms with Crippen molar-refractivity contribution in [2.24, 2.45) is 0 Å². The molecule has 0 aliphatic carbocycles. The molecule has 1 aromatic heterocycles. The minimum absolute atomic E-state index is 0.160. The summed E-state index contributed by atoms with van der Waals surface area (Å²) in [5, 5.41) is 0. The molecule has 0 spiro atoms. The first kappa shape index (κ1) is 16.3. The highest BCUT2D eigenvalue weighted by Gasteiger charge is 2.15. The van der Waals surface area contributed by atoms with Crippen LogP contribution in [-0.4, -0.2) is 32.6 Å². The molecule has 7 nitrogen and oxygen atoms in total. The second-order valence-electron chi connectivity index (χ2n) is 5.13. The summed E-state index contributed by atoms with van der Waals surface area (Å²) in [7, 11) is -0.563. The van der Waals surface area contributed by atoms with Gasteiger partial charge in [0.25, 0.3) is 10.0 Å². The number of anilines is 1. The molecule has 0 saturated heterocycles. The lowest BCUT2D eigenvalue weighted by Crippen LogP contribution is -2.12. The van der Waals surface area contributed by atoms with Crippen molar-refractivity contribution >= 4 is 26.7 Å². The monoisotopic (exact) mass is 347 g/mol. The van der Waals surface area contributed by atoms with Crippen LogP contribution >= 0.6 is 0 Å². The Morgan fingerprint density at radius 2 is 1.88 bits per heavy atom. The van der Waals surface area contributed by atoms with Crippen LogP contribution in [0.1, 0.15) is 5.82 Å². The zero-order chi connectivity index (χ0) is 17.2. The van der Waals surface area contributed by atoms with Crippen LogP contribution < -0.4 is 9.46 Å². The van der Waals surface area contributed by atoms with Gasteiger partial charge in [0.2, 0.25) is 0 Å². The van der Waals surface area contributed by atoms with E-state index in [-0.39, 0.29) is 4.90 Å². The molecular formula is C16H17N3O4S. The van der Waals surface area contributed by atoms with Gasteiger partial charge >= 0.3 is 0 Å². The van der Waals surface area contributed by atoms with Gasteiger partial charge in [-0.25, -0.2) is 13.4 Å². The van der Waals surface area contributed by atoms with Crippen molar-refractivity contribution in [3.63, 3.8) is 0 Å². The van der Waals surface area contributed by atoms with Crippen LogP contribution in [0.25, 0.3) is 11.0 Å². The first-order valence-electron chi connectivity index (χ1n) is 7.16. The highest BCUT2D eigenvalue weighted by atomic mass is 32.2.